The van der Waals surface area contributed by atoms with Crippen molar-refractivity contribution in [2.75, 3.05) is 0 Å². The van der Waals surface area contributed by atoms with Crippen molar-refractivity contribution in [2.24, 2.45) is 0 Å². The molecule has 0 aliphatic heterocycles. The summed E-state index contributed by atoms with van der Waals surface area (Å²) in [5.74, 6) is 0.0775. The molecule has 2 aromatic rings. The molecule has 86 valence electrons. The van der Waals surface area contributed by atoms with Gasteiger partial charge in [0.25, 0.3) is 0 Å². The Morgan fingerprint density at radius 3 is 2.88 bits per heavy atom. The van der Waals surface area contributed by atoms with E-state index in [1.54, 1.807) is 11.3 Å². The van der Waals surface area contributed by atoms with Crippen molar-refractivity contribution >= 4 is 17.6 Å². The monoisotopic (exact) mass is 243 g/mol. The Labute approximate surface area is 104 Å². The number of hydrogen-bond donors (Lipinski definition) is 0. The molecule has 0 bridgehead atoms. The maximum absolute atomic E-state index is 11.0. The average molecular weight is 243 g/mol. The van der Waals surface area contributed by atoms with E-state index in [1.165, 1.54) is 4.88 Å². The molecule has 0 N–H and O–H groups in total. The van der Waals surface area contributed by atoms with Crippen LogP contribution < -0.4 is 0 Å². The summed E-state index contributed by atoms with van der Waals surface area (Å²) >= 11 is 1.68. The summed E-state index contributed by atoms with van der Waals surface area (Å²) in [6.45, 7) is 0. The summed E-state index contributed by atoms with van der Waals surface area (Å²) in [5.41, 5.74) is 2.29. The summed E-state index contributed by atoms with van der Waals surface area (Å²) < 4.78 is 0. The minimum atomic E-state index is 0.0775. The summed E-state index contributed by atoms with van der Waals surface area (Å²) in [4.78, 5) is 16.9. The number of nitrogens with zero attached hydrogens (tertiary/aromatic N) is 1. The minimum Gasteiger partial charge on any atom is -0.303 e. The Morgan fingerprint density at radius 1 is 1.29 bits per heavy atom. The topological polar surface area (TPSA) is 30.0 Å². The fraction of sp³-hybridized carbons (Fsp3) is 0.286. The van der Waals surface area contributed by atoms with Crippen LogP contribution in [0, 0.1) is 0 Å². The molecule has 0 amide bonds. The number of thiazole rings is 1. The van der Waals surface area contributed by atoms with Crippen LogP contribution in [0.25, 0.3) is 10.6 Å². The van der Waals surface area contributed by atoms with Crippen molar-refractivity contribution in [3.8, 4) is 10.6 Å². The van der Waals surface area contributed by atoms with Crippen LogP contribution in [0.15, 0.2) is 30.3 Å². The zero-order chi connectivity index (χ0) is 11.7. The lowest BCUT2D eigenvalue weighted by Crippen LogP contribution is -2.08. The molecule has 0 radical (unpaired) electrons. The fourth-order valence-electron chi connectivity index (χ4n) is 2.29. The number of aryl methyl sites for hydroxylation is 1. The third-order valence-electron chi connectivity index (χ3n) is 3.18. The number of benzene rings is 1. The van der Waals surface area contributed by atoms with E-state index >= 15 is 0 Å². The highest BCUT2D eigenvalue weighted by Gasteiger charge is 2.24. The first kappa shape index (κ1) is 10.7. The number of fused-ring (bicyclic) bond motifs is 1. The van der Waals surface area contributed by atoms with Crippen LogP contribution in [0.1, 0.15) is 29.3 Å². The van der Waals surface area contributed by atoms with Gasteiger partial charge in [-0.05, 0) is 19.3 Å². The number of aromatic nitrogens is 1. The molecule has 1 atom stereocenters. The zero-order valence-electron chi connectivity index (χ0n) is 9.43. The Hall–Kier alpha value is -1.48. The molecule has 0 spiro atoms. The second-order valence-electron chi connectivity index (χ2n) is 4.33. The predicted octanol–water partition coefficient (Wildman–Crippen LogP) is 3.43. The van der Waals surface area contributed by atoms with Gasteiger partial charge < -0.3 is 4.79 Å². The van der Waals surface area contributed by atoms with Crippen molar-refractivity contribution < 1.29 is 4.79 Å². The highest BCUT2D eigenvalue weighted by molar-refractivity contribution is 7.15. The van der Waals surface area contributed by atoms with Crippen molar-refractivity contribution in [1.29, 1.82) is 0 Å². The Kier molecular flexibility index (Phi) is 2.77. The number of aldehydes is 1. The van der Waals surface area contributed by atoms with Gasteiger partial charge in [0.1, 0.15) is 11.3 Å². The van der Waals surface area contributed by atoms with E-state index in [2.05, 4.69) is 17.1 Å². The molecule has 0 fully saturated rings. The van der Waals surface area contributed by atoms with Gasteiger partial charge in [-0.1, -0.05) is 30.3 Å². The van der Waals surface area contributed by atoms with Crippen LogP contribution in [0.5, 0.6) is 0 Å². The van der Waals surface area contributed by atoms with Gasteiger partial charge in [-0.2, -0.15) is 0 Å². The van der Waals surface area contributed by atoms with Crippen LogP contribution in [0.2, 0.25) is 0 Å². The molecule has 1 aromatic carbocycles. The highest BCUT2D eigenvalue weighted by Crippen LogP contribution is 2.37. The van der Waals surface area contributed by atoms with Gasteiger partial charge in [0.2, 0.25) is 0 Å². The maximum Gasteiger partial charge on any atom is 0.128 e. The molecule has 3 rings (SSSR count). The number of rotatable bonds is 2. The van der Waals surface area contributed by atoms with Gasteiger partial charge in [-0.3, -0.25) is 0 Å². The second kappa shape index (κ2) is 4.41. The first-order valence-electron chi connectivity index (χ1n) is 5.89. The molecule has 0 saturated heterocycles. The normalized spacial score (nSPS) is 18.7. The largest absolute Gasteiger partial charge is 0.303 e. The molecule has 1 aliphatic rings. The summed E-state index contributed by atoms with van der Waals surface area (Å²) in [5, 5.41) is 1.05. The van der Waals surface area contributed by atoms with Crippen LogP contribution in [0.3, 0.4) is 0 Å². The summed E-state index contributed by atoms with van der Waals surface area (Å²) in [6, 6.07) is 10.2. The van der Waals surface area contributed by atoms with Gasteiger partial charge >= 0.3 is 0 Å². The van der Waals surface area contributed by atoms with E-state index in [0.717, 1.165) is 41.8 Å². The molecule has 2 nitrogen and oxygen atoms in total. The summed E-state index contributed by atoms with van der Waals surface area (Å²) in [6.07, 6.45) is 4.15. The van der Waals surface area contributed by atoms with Gasteiger partial charge in [0.05, 0.1) is 11.6 Å². The van der Waals surface area contributed by atoms with E-state index in [0.29, 0.717) is 0 Å². The predicted molar refractivity (Wildman–Crippen MR) is 69.3 cm³/mol. The Bertz CT molecular complexity index is 532. The molecule has 1 unspecified atom stereocenters. The van der Waals surface area contributed by atoms with Crippen LogP contribution >= 0.6 is 11.3 Å². The van der Waals surface area contributed by atoms with Crippen LogP contribution in [-0.4, -0.2) is 11.3 Å². The van der Waals surface area contributed by atoms with Crippen molar-refractivity contribution in [3.05, 3.63) is 40.9 Å². The lowest BCUT2D eigenvalue weighted by atomic mass is 9.93. The van der Waals surface area contributed by atoms with Crippen molar-refractivity contribution in [1.82, 2.24) is 4.98 Å². The molecule has 1 aliphatic carbocycles. The van der Waals surface area contributed by atoms with Crippen molar-refractivity contribution in [2.45, 2.75) is 25.2 Å². The highest BCUT2D eigenvalue weighted by atomic mass is 32.1. The Balaban J connectivity index is 2.04. The zero-order valence-corrected chi connectivity index (χ0v) is 10.2. The van der Waals surface area contributed by atoms with Crippen molar-refractivity contribution in [3.63, 3.8) is 0 Å². The molecular formula is C14H13NOS. The molecule has 17 heavy (non-hydrogen) atoms. The molecule has 3 heteroatoms. The van der Waals surface area contributed by atoms with Gasteiger partial charge in [-0.25, -0.2) is 4.98 Å². The first-order valence-corrected chi connectivity index (χ1v) is 6.70. The van der Waals surface area contributed by atoms with Crippen LogP contribution in [0.4, 0.5) is 0 Å². The quantitative estimate of drug-likeness (QED) is 0.756. The van der Waals surface area contributed by atoms with E-state index < -0.39 is 0 Å². The van der Waals surface area contributed by atoms with Gasteiger partial charge in [0.15, 0.2) is 0 Å². The standard InChI is InChI=1S/C14H13NOS/c16-9-11-7-4-8-12-13(11)17-14(15-12)10-5-2-1-3-6-10/h1-3,5-6,9,11H,4,7-8H2. The number of carbonyl (C=O) groups is 1. The van der Waals surface area contributed by atoms with E-state index in [1.807, 2.05) is 18.2 Å². The van der Waals surface area contributed by atoms with E-state index in [9.17, 15) is 4.79 Å². The fourth-order valence-corrected chi connectivity index (χ4v) is 3.50. The third kappa shape index (κ3) is 1.91. The lowest BCUT2D eigenvalue weighted by Gasteiger charge is -2.14. The number of hydrogen-bond acceptors (Lipinski definition) is 3. The molecule has 1 heterocycles. The molecule has 0 saturated carbocycles. The maximum atomic E-state index is 11.0. The smallest absolute Gasteiger partial charge is 0.128 e. The van der Waals surface area contributed by atoms with Gasteiger partial charge in [-0.15, -0.1) is 11.3 Å². The van der Waals surface area contributed by atoms with E-state index in [4.69, 9.17) is 0 Å². The summed E-state index contributed by atoms with van der Waals surface area (Å²) in [7, 11) is 0. The Morgan fingerprint density at radius 2 is 2.12 bits per heavy atom. The molecular weight excluding hydrogens is 230 g/mol. The lowest BCUT2D eigenvalue weighted by molar-refractivity contribution is -0.109. The van der Waals surface area contributed by atoms with Gasteiger partial charge in [0, 0.05) is 10.4 Å². The SMILES string of the molecule is O=CC1CCCc2nc(-c3ccccc3)sc21. The second-order valence-corrected chi connectivity index (χ2v) is 5.36. The number of carbonyl (C=O) groups excluding carboxylic acids is 1. The minimum absolute atomic E-state index is 0.0775. The third-order valence-corrected chi connectivity index (χ3v) is 4.46. The van der Waals surface area contributed by atoms with Crippen LogP contribution in [-0.2, 0) is 11.2 Å². The van der Waals surface area contributed by atoms with E-state index in [-0.39, 0.29) is 5.92 Å². The molecule has 1 aromatic heterocycles. The first-order chi connectivity index (χ1) is 8.38. The average Bonchev–Trinajstić information content (AvgIpc) is 2.83.